The van der Waals surface area contributed by atoms with E-state index in [2.05, 4.69) is 11.4 Å². The van der Waals surface area contributed by atoms with Gasteiger partial charge in [0.05, 0.1) is 5.69 Å². The van der Waals surface area contributed by atoms with Crippen LogP contribution in [0.2, 0.25) is 0 Å². The molecule has 0 saturated carbocycles. The number of nitrogens with two attached hydrogens (primary N) is 1. The molecule has 0 radical (unpaired) electrons. The Morgan fingerprint density at radius 2 is 2.15 bits per heavy atom. The van der Waals surface area contributed by atoms with Gasteiger partial charge >= 0.3 is 0 Å². The van der Waals surface area contributed by atoms with Crippen molar-refractivity contribution in [2.24, 2.45) is 17.6 Å². The van der Waals surface area contributed by atoms with Crippen molar-refractivity contribution in [2.75, 3.05) is 5.32 Å². The second kappa shape index (κ2) is 7.33. The molecule has 6 heteroatoms. The number of carbonyl (C=O) groups excluding carboxylic acids is 2. The highest BCUT2D eigenvalue weighted by Gasteiger charge is 2.31. The highest BCUT2D eigenvalue weighted by atomic mass is 16.3. The minimum absolute atomic E-state index is 0.00720. The fourth-order valence-corrected chi connectivity index (χ4v) is 3.76. The van der Waals surface area contributed by atoms with Crippen LogP contribution in [0.5, 0.6) is 5.75 Å². The van der Waals surface area contributed by atoms with E-state index in [4.69, 9.17) is 5.73 Å². The Bertz CT molecular complexity index is 797. The number of fused-ring (bicyclic) bond motifs is 3. The SMILES string of the molecule is Cc1ccc2c(c1O)NC(O)C1CC(/C=C/C(N)=O)=CC(CCC2=O)C1. The van der Waals surface area contributed by atoms with Gasteiger partial charge in [-0.25, -0.2) is 0 Å². The van der Waals surface area contributed by atoms with Gasteiger partial charge in [-0.05, 0) is 43.7 Å². The molecule has 138 valence electrons. The number of phenols is 1. The van der Waals surface area contributed by atoms with E-state index in [-0.39, 0.29) is 23.4 Å². The Morgan fingerprint density at radius 3 is 2.88 bits per heavy atom. The van der Waals surface area contributed by atoms with Crippen LogP contribution in [0.25, 0.3) is 0 Å². The topological polar surface area (TPSA) is 113 Å². The van der Waals surface area contributed by atoms with Crippen LogP contribution in [-0.2, 0) is 4.79 Å². The van der Waals surface area contributed by atoms with Gasteiger partial charge in [0.15, 0.2) is 5.78 Å². The smallest absolute Gasteiger partial charge is 0.241 e. The van der Waals surface area contributed by atoms with Crippen molar-refractivity contribution in [2.45, 2.75) is 38.8 Å². The molecule has 0 fully saturated rings. The molecule has 3 unspecified atom stereocenters. The molecule has 3 rings (SSSR count). The molecule has 2 aliphatic rings. The van der Waals surface area contributed by atoms with Crippen LogP contribution >= 0.6 is 0 Å². The van der Waals surface area contributed by atoms with E-state index in [1.807, 2.05) is 0 Å². The number of hydrogen-bond donors (Lipinski definition) is 4. The van der Waals surface area contributed by atoms with Gasteiger partial charge in [-0.1, -0.05) is 23.8 Å². The summed E-state index contributed by atoms with van der Waals surface area (Å²) in [6.07, 6.45) is 6.47. The first-order valence-electron chi connectivity index (χ1n) is 8.83. The number of nitrogens with one attached hydrogen (secondary N) is 1. The first-order valence-corrected chi connectivity index (χ1v) is 8.83. The quantitative estimate of drug-likeness (QED) is 0.480. The third-order valence-corrected chi connectivity index (χ3v) is 5.18. The number of ketones is 1. The number of carbonyl (C=O) groups is 2. The van der Waals surface area contributed by atoms with E-state index in [1.165, 1.54) is 6.08 Å². The van der Waals surface area contributed by atoms with Crippen LogP contribution in [0.3, 0.4) is 0 Å². The summed E-state index contributed by atoms with van der Waals surface area (Å²) < 4.78 is 0. The number of allylic oxidation sites excluding steroid dienone is 3. The van der Waals surface area contributed by atoms with Gasteiger partial charge in [-0.15, -0.1) is 0 Å². The predicted octanol–water partition coefficient (Wildman–Crippen LogP) is 2.40. The van der Waals surface area contributed by atoms with E-state index < -0.39 is 12.1 Å². The molecule has 1 aliphatic heterocycles. The van der Waals surface area contributed by atoms with Gasteiger partial charge < -0.3 is 21.3 Å². The van der Waals surface area contributed by atoms with Crippen LogP contribution in [0, 0.1) is 18.8 Å². The van der Waals surface area contributed by atoms with Crippen molar-refractivity contribution in [3.63, 3.8) is 0 Å². The molecule has 0 aromatic heterocycles. The first kappa shape index (κ1) is 18.2. The number of aliphatic hydroxyl groups is 1. The van der Waals surface area contributed by atoms with Gasteiger partial charge in [-0.2, -0.15) is 0 Å². The number of primary amides is 1. The Hall–Kier alpha value is -2.60. The van der Waals surface area contributed by atoms with Gasteiger partial charge in [0.25, 0.3) is 0 Å². The average molecular weight is 356 g/mol. The summed E-state index contributed by atoms with van der Waals surface area (Å²) in [6, 6.07) is 3.40. The third-order valence-electron chi connectivity index (χ3n) is 5.18. The first-order chi connectivity index (χ1) is 12.3. The predicted molar refractivity (Wildman–Crippen MR) is 98.7 cm³/mol. The second-order valence-electron chi connectivity index (χ2n) is 7.14. The van der Waals surface area contributed by atoms with Gasteiger partial charge in [0, 0.05) is 24.0 Å². The molecule has 0 saturated heterocycles. The highest BCUT2D eigenvalue weighted by molar-refractivity contribution is 6.02. The average Bonchev–Trinajstić information content (AvgIpc) is 2.61. The van der Waals surface area contributed by atoms with Crippen LogP contribution in [-0.4, -0.2) is 28.1 Å². The van der Waals surface area contributed by atoms with E-state index in [0.29, 0.717) is 36.1 Å². The van der Waals surface area contributed by atoms with Crippen molar-refractivity contribution < 1.29 is 19.8 Å². The summed E-state index contributed by atoms with van der Waals surface area (Å²) in [6.45, 7) is 1.75. The number of amides is 1. The fourth-order valence-electron chi connectivity index (χ4n) is 3.76. The lowest BCUT2D eigenvalue weighted by molar-refractivity contribution is -0.113. The molecule has 3 atom stereocenters. The molecule has 6 nitrogen and oxygen atoms in total. The summed E-state index contributed by atoms with van der Waals surface area (Å²) >= 11 is 0. The van der Waals surface area contributed by atoms with Crippen molar-refractivity contribution in [3.8, 4) is 5.75 Å². The van der Waals surface area contributed by atoms with E-state index >= 15 is 0 Å². The highest BCUT2D eigenvalue weighted by Crippen LogP contribution is 2.39. The van der Waals surface area contributed by atoms with Crippen LogP contribution < -0.4 is 11.1 Å². The number of anilines is 1. The van der Waals surface area contributed by atoms with Crippen LogP contribution in [0.1, 0.15) is 41.6 Å². The van der Waals surface area contributed by atoms with Crippen molar-refractivity contribution in [3.05, 3.63) is 47.1 Å². The van der Waals surface area contributed by atoms with Crippen molar-refractivity contribution >= 4 is 17.4 Å². The van der Waals surface area contributed by atoms with Gasteiger partial charge in [0.2, 0.25) is 5.91 Å². The Morgan fingerprint density at radius 1 is 1.38 bits per heavy atom. The monoisotopic (exact) mass is 356 g/mol. The minimum atomic E-state index is -0.916. The zero-order valence-corrected chi connectivity index (χ0v) is 14.7. The zero-order chi connectivity index (χ0) is 18.8. The molecule has 1 aromatic carbocycles. The molecule has 1 amide bonds. The lowest BCUT2D eigenvalue weighted by Crippen LogP contribution is -2.34. The normalized spacial score (nSPS) is 26.0. The Balaban J connectivity index is 1.95. The standard InChI is InChI=1S/C20H24N2O4/c1-11-2-5-15-16(23)6-3-12-8-13(4-7-17(21)24)10-14(9-12)20(26)22-18(15)19(11)25/h2,4-5,7-8,12,14,20,22,25-26H,3,6,9-10H2,1H3,(H2,21,24)/b7-4+. The van der Waals surface area contributed by atoms with E-state index in [0.717, 1.165) is 12.0 Å². The second-order valence-corrected chi connectivity index (χ2v) is 7.14. The number of aryl methyl sites for hydroxylation is 1. The number of Topliss-reactive ketones (excluding diaryl/α,β-unsaturated/α-hetero) is 1. The van der Waals surface area contributed by atoms with Crippen molar-refractivity contribution in [1.82, 2.24) is 0 Å². The molecule has 1 aromatic rings. The van der Waals surface area contributed by atoms with Gasteiger partial charge in [0.1, 0.15) is 12.0 Å². The third kappa shape index (κ3) is 3.80. The lowest BCUT2D eigenvalue weighted by Gasteiger charge is -2.33. The summed E-state index contributed by atoms with van der Waals surface area (Å²) in [7, 11) is 0. The number of hydrogen-bond acceptors (Lipinski definition) is 5. The van der Waals surface area contributed by atoms with E-state index in [9.17, 15) is 19.8 Å². The molecular formula is C20H24N2O4. The maximum atomic E-state index is 12.6. The maximum absolute atomic E-state index is 12.6. The Kier molecular flexibility index (Phi) is 5.13. The molecule has 1 aliphatic carbocycles. The molecule has 26 heavy (non-hydrogen) atoms. The molecular weight excluding hydrogens is 332 g/mol. The molecule has 2 bridgehead atoms. The molecule has 0 spiro atoms. The largest absolute Gasteiger partial charge is 0.505 e. The number of aliphatic hydroxyl groups excluding tert-OH is 1. The van der Waals surface area contributed by atoms with Crippen molar-refractivity contribution in [1.29, 1.82) is 0 Å². The minimum Gasteiger partial charge on any atom is -0.505 e. The zero-order valence-electron chi connectivity index (χ0n) is 14.7. The van der Waals surface area contributed by atoms with Gasteiger partial charge in [-0.3, -0.25) is 9.59 Å². The molecule has 1 heterocycles. The fraction of sp³-hybridized carbons (Fsp3) is 0.400. The number of rotatable bonds is 2. The summed E-state index contributed by atoms with van der Waals surface area (Å²) in [5.74, 6) is -0.552. The van der Waals surface area contributed by atoms with Crippen LogP contribution in [0.15, 0.2) is 35.9 Å². The summed E-state index contributed by atoms with van der Waals surface area (Å²) in [5, 5.41) is 24.0. The lowest BCUT2D eigenvalue weighted by atomic mass is 9.78. The van der Waals surface area contributed by atoms with E-state index in [1.54, 1.807) is 25.1 Å². The van der Waals surface area contributed by atoms with Crippen LogP contribution in [0.4, 0.5) is 5.69 Å². The number of phenolic OH excluding ortho intramolecular Hbond substituents is 1. The Labute approximate surface area is 152 Å². The number of aromatic hydroxyl groups is 1. The number of benzene rings is 1. The maximum Gasteiger partial charge on any atom is 0.241 e. The summed E-state index contributed by atoms with van der Waals surface area (Å²) in [5.41, 5.74) is 7.44. The summed E-state index contributed by atoms with van der Waals surface area (Å²) in [4.78, 5) is 23.6. The molecule has 5 N–H and O–H groups in total.